The van der Waals surface area contributed by atoms with E-state index in [4.69, 9.17) is 28.9 Å². The minimum absolute atomic E-state index is 0.233. The predicted octanol–water partition coefficient (Wildman–Crippen LogP) is 4.39. The number of aryl methyl sites for hydroxylation is 1. The second kappa shape index (κ2) is 6.92. The fourth-order valence-electron chi connectivity index (χ4n) is 2.17. The number of thiophene rings is 1. The molecule has 1 heterocycles. The first-order valence-electron chi connectivity index (χ1n) is 6.48. The van der Waals surface area contributed by atoms with Gasteiger partial charge in [0.2, 0.25) is 0 Å². The zero-order valence-corrected chi connectivity index (χ0v) is 13.5. The second-order valence-corrected chi connectivity index (χ2v) is 6.65. The van der Waals surface area contributed by atoms with Gasteiger partial charge in [0.25, 0.3) is 0 Å². The standard InChI is InChI=1S/C15H17Cl2NOS/c1-2-10-4-6-14(20-10)15(19)12(8-18)11-5-3-9(16)7-13(11)17/h3-7,12,15,19H,2,8,18H2,1H3. The quantitative estimate of drug-likeness (QED) is 0.854. The maximum Gasteiger partial charge on any atom is 0.0962 e. The van der Waals surface area contributed by atoms with Crippen molar-refractivity contribution in [3.8, 4) is 0 Å². The predicted molar refractivity (Wildman–Crippen MR) is 86.9 cm³/mol. The van der Waals surface area contributed by atoms with Gasteiger partial charge in [0.05, 0.1) is 6.10 Å². The summed E-state index contributed by atoms with van der Waals surface area (Å²) in [5.74, 6) is -0.233. The van der Waals surface area contributed by atoms with Crippen molar-refractivity contribution in [2.75, 3.05) is 6.54 Å². The Hall–Kier alpha value is -0.580. The van der Waals surface area contributed by atoms with E-state index in [9.17, 15) is 5.11 Å². The molecule has 0 bridgehead atoms. The first-order valence-corrected chi connectivity index (χ1v) is 8.05. The van der Waals surface area contributed by atoms with E-state index in [1.54, 1.807) is 23.5 Å². The second-order valence-electron chi connectivity index (χ2n) is 4.61. The van der Waals surface area contributed by atoms with E-state index >= 15 is 0 Å². The summed E-state index contributed by atoms with van der Waals surface area (Å²) in [4.78, 5) is 2.17. The normalized spacial score (nSPS) is 14.2. The van der Waals surface area contributed by atoms with E-state index in [2.05, 4.69) is 6.92 Å². The molecular weight excluding hydrogens is 313 g/mol. The van der Waals surface area contributed by atoms with Gasteiger partial charge < -0.3 is 10.8 Å². The van der Waals surface area contributed by atoms with Crippen LogP contribution < -0.4 is 5.73 Å². The average Bonchev–Trinajstić information content (AvgIpc) is 2.90. The third-order valence-electron chi connectivity index (χ3n) is 3.32. The lowest BCUT2D eigenvalue weighted by molar-refractivity contribution is 0.151. The Morgan fingerprint density at radius 3 is 2.55 bits per heavy atom. The van der Waals surface area contributed by atoms with Crippen molar-refractivity contribution in [2.45, 2.75) is 25.4 Å². The highest BCUT2D eigenvalue weighted by Gasteiger charge is 2.24. The van der Waals surface area contributed by atoms with Crippen molar-refractivity contribution >= 4 is 34.5 Å². The van der Waals surface area contributed by atoms with E-state index in [0.29, 0.717) is 16.6 Å². The average molecular weight is 330 g/mol. The van der Waals surface area contributed by atoms with Crippen LogP contribution in [-0.4, -0.2) is 11.7 Å². The topological polar surface area (TPSA) is 46.2 Å². The van der Waals surface area contributed by atoms with Gasteiger partial charge in [-0.25, -0.2) is 0 Å². The van der Waals surface area contributed by atoms with Crippen LogP contribution in [0.2, 0.25) is 10.0 Å². The van der Waals surface area contributed by atoms with Gasteiger partial charge in [-0.2, -0.15) is 0 Å². The molecule has 0 radical (unpaired) electrons. The summed E-state index contributed by atoms with van der Waals surface area (Å²) >= 11 is 13.7. The van der Waals surface area contributed by atoms with E-state index < -0.39 is 6.10 Å². The minimum Gasteiger partial charge on any atom is -0.387 e. The minimum atomic E-state index is -0.649. The summed E-state index contributed by atoms with van der Waals surface area (Å²) in [6.45, 7) is 2.42. The third-order valence-corrected chi connectivity index (χ3v) is 5.18. The summed E-state index contributed by atoms with van der Waals surface area (Å²) in [6, 6.07) is 9.28. The largest absolute Gasteiger partial charge is 0.387 e. The molecule has 1 aromatic carbocycles. The lowest BCUT2D eigenvalue weighted by Gasteiger charge is -2.22. The van der Waals surface area contributed by atoms with Crippen LogP contribution in [0, 0.1) is 0 Å². The Kier molecular flexibility index (Phi) is 5.47. The molecule has 108 valence electrons. The fraction of sp³-hybridized carbons (Fsp3) is 0.333. The number of benzene rings is 1. The molecular formula is C15H17Cl2NOS. The van der Waals surface area contributed by atoms with Crippen LogP contribution in [0.4, 0.5) is 0 Å². The van der Waals surface area contributed by atoms with Crippen LogP contribution in [0.15, 0.2) is 30.3 Å². The maximum absolute atomic E-state index is 10.6. The molecule has 0 aliphatic heterocycles. The molecule has 20 heavy (non-hydrogen) atoms. The Morgan fingerprint density at radius 1 is 1.25 bits per heavy atom. The molecule has 2 atom stereocenters. The Bertz CT molecular complexity index is 585. The SMILES string of the molecule is CCc1ccc(C(O)C(CN)c2ccc(Cl)cc2Cl)s1. The van der Waals surface area contributed by atoms with E-state index in [1.807, 2.05) is 18.2 Å². The van der Waals surface area contributed by atoms with Crippen molar-refractivity contribution in [3.63, 3.8) is 0 Å². The molecule has 0 saturated heterocycles. The number of halogens is 2. The molecule has 0 saturated carbocycles. The maximum atomic E-state index is 10.6. The highest BCUT2D eigenvalue weighted by Crippen LogP contribution is 2.37. The Morgan fingerprint density at radius 2 is 2.00 bits per heavy atom. The first-order chi connectivity index (χ1) is 9.56. The number of nitrogens with two attached hydrogens (primary N) is 1. The van der Waals surface area contributed by atoms with Crippen molar-refractivity contribution in [2.24, 2.45) is 5.73 Å². The number of aliphatic hydroxyl groups is 1. The molecule has 0 fully saturated rings. The van der Waals surface area contributed by atoms with Gasteiger partial charge in [0, 0.05) is 32.3 Å². The van der Waals surface area contributed by atoms with Crippen LogP contribution in [0.25, 0.3) is 0 Å². The molecule has 0 amide bonds. The van der Waals surface area contributed by atoms with Crippen molar-refractivity contribution < 1.29 is 5.11 Å². The number of hydrogen-bond acceptors (Lipinski definition) is 3. The van der Waals surface area contributed by atoms with Crippen molar-refractivity contribution in [3.05, 3.63) is 55.7 Å². The fourth-order valence-corrected chi connectivity index (χ4v) is 3.72. The Labute approximate surface area is 133 Å². The highest BCUT2D eigenvalue weighted by atomic mass is 35.5. The summed E-state index contributed by atoms with van der Waals surface area (Å²) in [5.41, 5.74) is 6.67. The van der Waals surface area contributed by atoms with Crippen LogP contribution in [0.5, 0.6) is 0 Å². The van der Waals surface area contributed by atoms with Gasteiger partial charge in [0.1, 0.15) is 0 Å². The molecule has 5 heteroatoms. The highest BCUT2D eigenvalue weighted by molar-refractivity contribution is 7.12. The lowest BCUT2D eigenvalue weighted by atomic mass is 9.92. The van der Waals surface area contributed by atoms with Gasteiger partial charge in [-0.1, -0.05) is 36.2 Å². The molecule has 0 spiro atoms. The molecule has 0 aliphatic rings. The van der Waals surface area contributed by atoms with Crippen molar-refractivity contribution in [1.82, 2.24) is 0 Å². The van der Waals surface area contributed by atoms with E-state index in [0.717, 1.165) is 16.9 Å². The van der Waals surface area contributed by atoms with E-state index in [-0.39, 0.29) is 5.92 Å². The Balaban J connectivity index is 2.31. The van der Waals surface area contributed by atoms with Crippen LogP contribution >= 0.6 is 34.5 Å². The molecule has 3 N–H and O–H groups in total. The van der Waals surface area contributed by atoms with E-state index in [1.165, 1.54) is 4.88 Å². The van der Waals surface area contributed by atoms with Gasteiger partial charge in [-0.15, -0.1) is 11.3 Å². The molecule has 0 aliphatic carbocycles. The molecule has 2 aromatic rings. The molecule has 2 rings (SSSR count). The number of aliphatic hydroxyl groups excluding tert-OH is 1. The number of rotatable bonds is 5. The van der Waals surface area contributed by atoms with Gasteiger partial charge in [-0.3, -0.25) is 0 Å². The summed E-state index contributed by atoms with van der Waals surface area (Å²) < 4.78 is 0. The zero-order chi connectivity index (χ0) is 14.7. The summed E-state index contributed by atoms with van der Waals surface area (Å²) in [7, 11) is 0. The molecule has 2 unspecified atom stereocenters. The first kappa shape index (κ1) is 15.8. The van der Waals surface area contributed by atoms with Crippen LogP contribution in [0.1, 0.15) is 34.3 Å². The third kappa shape index (κ3) is 3.35. The summed E-state index contributed by atoms with van der Waals surface area (Å²) in [6.07, 6.45) is 0.316. The molecule has 2 nitrogen and oxygen atoms in total. The van der Waals surface area contributed by atoms with Crippen LogP contribution in [0.3, 0.4) is 0 Å². The smallest absolute Gasteiger partial charge is 0.0962 e. The molecule has 1 aromatic heterocycles. The monoisotopic (exact) mass is 329 g/mol. The van der Waals surface area contributed by atoms with Gasteiger partial charge in [-0.05, 0) is 36.2 Å². The zero-order valence-electron chi connectivity index (χ0n) is 11.1. The number of hydrogen-bond donors (Lipinski definition) is 2. The lowest BCUT2D eigenvalue weighted by Crippen LogP contribution is -2.20. The van der Waals surface area contributed by atoms with Gasteiger partial charge >= 0.3 is 0 Å². The van der Waals surface area contributed by atoms with Gasteiger partial charge in [0.15, 0.2) is 0 Å². The van der Waals surface area contributed by atoms with Crippen molar-refractivity contribution in [1.29, 1.82) is 0 Å². The summed E-state index contributed by atoms with van der Waals surface area (Å²) in [5, 5.41) is 11.7. The van der Waals surface area contributed by atoms with Crippen LogP contribution in [-0.2, 0) is 6.42 Å².